The number of nitriles is 2. The lowest BCUT2D eigenvalue weighted by Gasteiger charge is -2.20. The third-order valence-corrected chi connectivity index (χ3v) is 10.3. The minimum absolute atomic E-state index is 0.0342. The van der Waals surface area contributed by atoms with Crippen LogP contribution < -0.4 is 21.2 Å². The van der Waals surface area contributed by atoms with Crippen LogP contribution in [-0.4, -0.2) is 24.7 Å². The van der Waals surface area contributed by atoms with Crippen molar-refractivity contribution in [1.82, 2.24) is 0 Å². The first-order valence-electron chi connectivity index (χ1n) is 16.9. The summed E-state index contributed by atoms with van der Waals surface area (Å²) in [7, 11) is 0. The average molecular weight is 807 g/mol. The molecule has 0 atom stereocenters. The van der Waals surface area contributed by atoms with E-state index in [0.29, 0.717) is 55.2 Å². The van der Waals surface area contributed by atoms with Gasteiger partial charge in [0.15, 0.2) is 0 Å². The van der Waals surface area contributed by atoms with Crippen molar-refractivity contribution in [2.75, 3.05) is 0 Å². The molecule has 0 amide bonds. The molecule has 0 unspecified atom stereocenters. The molecule has 6 aromatic carbocycles. The summed E-state index contributed by atoms with van der Waals surface area (Å²) in [6.45, 7) is 0. The predicted molar refractivity (Wildman–Crippen MR) is 191 cm³/mol. The van der Waals surface area contributed by atoms with Gasteiger partial charge in [0.2, 0.25) is 12.4 Å². The Kier molecular flexibility index (Phi) is 8.51. The maximum Gasteiger partial charge on any atom is 0.416 e. The fourth-order valence-corrected chi connectivity index (χ4v) is 7.84. The summed E-state index contributed by atoms with van der Waals surface area (Å²) >= 11 is 0. The molecule has 16 heteroatoms. The lowest BCUT2D eigenvalue weighted by Crippen LogP contribution is -2.21. The zero-order valence-corrected chi connectivity index (χ0v) is 28.8. The number of alkyl halides is 12. The third-order valence-electron chi connectivity index (χ3n) is 10.3. The second-order valence-corrected chi connectivity index (χ2v) is 13.6. The molecule has 0 saturated heterocycles. The quantitative estimate of drug-likeness (QED) is 0.113. The van der Waals surface area contributed by atoms with Gasteiger partial charge >= 0.3 is 24.7 Å². The van der Waals surface area contributed by atoms with Crippen molar-refractivity contribution in [2.24, 2.45) is 9.98 Å². The Balaban J connectivity index is 1.41. The van der Waals surface area contributed by atoms with Crippen molar-refractivity contribution in [2.45, 2.75) is 37.5 Å². The third kappa shape index (κ3) is 6.29. The van der Waals surface area contributed by atoms with E-state index in [-0.39, 0.29) is 55.2 Å². The van der Waals surface area contributed by atoms with Crippen molar-refractivity contribution in [3.63, 3.8) is 0 Å². The topological polar surface area (TPSA) is 72.3 Å². The van der Waals surface area contributed by atoms with Crippen LogP contribution in [-0.2, 0) is 0 Å². The highest BCUT2D eigenvalue weighted by Gasteiger charge is 2.42. The van der Waals surface area contributed by atoms with Crippen molar-refractivity contribution in [3.05, 3.63) is 128 Å². The fourth-order valence-electron chi connectivity index (χ4n) is 7.84. The Morgan fingerprint density at radius 3 is 1.07 bits per heavy atom. The lowest BCUT2D eigenvalue weighted by molar-refractivity contribution is -0.0987. The lowest BCUT2D eigenvalue weighted by atomic mass is 9.92. The van der Waals surface area contributed by atoms with Crippen LogP contribution in [0.3, 0.4) is 0 Å². The second kappa shape index (κ2) is 12.9. The number of fused-ring (bicyclic) bond motifs is 9. The molecule has 4 nitrogen and oxygen atoms in total. The number of hydrogen-bond acceptors (Lipinski definition) is 4. The molecule has 290 valence electrons. The van der Waals surface area contributed by atoms with Gasteiger partial charge in [-0.05, 0) is 90.3 Å². The van der Waals surface area contributed by atoms with Gasteiger partial charge in [-0.25, -0.2) is 0 Å². The normalized spacial score (nSPS) is 18.5. The number of nitrogens with zero attached hydrogens (tertiary/aromatic N) is 4. The molecule has 0 N–H and O–H groups in total. The summed E-state index contributed by atoms with van der Waals surface area (Å²) in [5.41, 5.74) is -6.26. The summed E-state index contributed by atoms with van der Waals surface area (Å²) in [6.07, 6.45) is -17.1. The average Bonchev–Trinajstić information content (AvgIpc) is 3.65. The molecule has 0 aromatic heterocycles. The van der Waals surface area contributed by atoms with E-state index in [9.17, 15) is 63.2 Å². The highest BCUT2D eigenvalue weighted by Crippen LogP contribution is 2.42. The molecule has 0 aliphatic heterocycles. The molecule has 0 heterocycles. The largest absolute Gasteiger partial charge is 0.416 e. The SMILES string of the molecule is N#CN=c1c2cc(=C3C=C(C(F)(F)F)C=C(C(F)(F)F)C3)ccc2c2c1ccc1c2ccc2c(=NC#N)c3cc(=C4C=C(C(F)(F)F)C=C(C(F)(F)F)C4)ccc3c21. The molecule has 0 spiro atoms. The van der Waals surface area contributed by atoms with Crippen LogP contribution in [0.15, 0.2) is 117 Å². The van der Waals surface area contributed by atoms with E-state index in [1.165, 1.54) is 36.4 Å². The van der Waals surface area contributed by atoms with Gasteiger partial charge in [0, 0.05) is 45.5 Å². The molecule has 8 rings (SSSR count). The van der Waals surface area contributed by atoms with Crippen molar-refractivity contribution in [1.29, 1.82) is 10.5 Å². The van der Waals surface area contributed by atoms with Crippen LogP contribution in [0.5, 0.6) is 0 Å². The monoisotopic (exact) mass is 806 g/mol. The molecule has 2 aliphatic rings. The van der Waals surface area contributed by atoms with Gasteiger partial charge in [-0.3, -0.25) is 0 Å². The Bertz CT molecular complexity index is 3070. The summed E-state index contributed by atoms with van der Waals surface area (Å²) in [5, 5.41) is 24.0. The molecule has 0 radical (unpaired) electrons. The number of halogens is 12. The number of benzene rings is 4. The van der Waals surface area contributed by atoms with Crippen LogP contribution in [0.4, 0.5) is 52.7 Å². The van der Waals surface area contributed by atoms with E-state index in [4.69, 9.17) is 0 Å². The van der Waals surface area contributed by atoms with Crippen LogP contribution in [0.1, 0.15) is 12.8 Å². The zero-order valence-electron chi connectivity index (χ0n) is 28.8. The highest BCUT2D eigenvalue weighted by molar-refractivity contribution is 6.30. The van der Waals surface area contributed by atoms with Gasteiger partial charge in [-0.1, -0.05) is 48.5 Å². The van der Waals surface area contributed by atoms with Gasteiger partial charge in [-0.15, -0.1) is 0 Å². The van der Waals surface area contributed by atoms with E-state index in [1.807, 2.05) is 0 Å². The van der Waals surface area contributed by atoms with Crippen LogP contribution in [0.2, 0.25) is 0 Å². The van der Waals surface area contributed by atoms with Gasteiger partial charge in [0.25, 0.3) is 0 Å². The molecule has 0 fully saturated rings. The van der Waals surface area contributed by atoms with Gasteiger partial charge in [0.05, 0.1) is 21.9 Å². The van der Waals surface area contributed by atoms with Gasteiger partial charge in [0.1, 0.15) is 0 Å². The first kappa shape index (κ1) is 38.2. The summed E-state index contributed by atoms with van der Waals surface area (Å²) in [4.78, 5) is 7.93. The Labute approximate surface area is 316 Å². The highest BCUT2D eigenvalue weighted by atomic mass is 19.4. The molecular formula is C42H18F12N4. The molecule has 2 aliphatic carbocycles. The Hall–Kier alpha value is -6.68. The maximum absolute atomic E-state index is 13.7. The van der Waals surface area contributed by atoms with Crippen molar-refractivity contribution < 1.29 is 52.7 Å². The first-order valence-corrected chi connectivity index (χ1v) is 16.9. The van der Waals surface area contributed by atoms with Crippen molar-refractivity contribution in [3.8, 4) is 12.4 Å². The summed E-state index contributed by atoms with van der Waals surface area (Å²) < 4.78 is 165. The Morgan fingerprint density at radius 2 is 0.741 bits per heavy atom. The summed E-state index contributed by atoms with van der Waals surface area (Å²) in [5.74, 6) is 0. The minimum atomic E-state index is -5.07. The summed E-state index contributed by atoms with van der Waals surface area (Å²) in [6, 6.07) is 15.1. The van der Waals surface area contributed by atoms with E-state index < -0.39 is 59.8 Å². The first-order chi connectivity index (χ1) is 27.2. The van der Waals surface area contributed by atoms with Gasteiger partial charge < -0.3 is 0 Å². The van der Waals surface area contributed by atoms with Crippen LogP contribution >= 0.6 is 0 Å². The maximum atomic E-state index is 13.7. The standard InChI is InChI=1S/C42H18F12N4/c43-39(44,45)23-9-21(10-24(15-23)40(46,47)48)19-1-3-29-33(13-19)37(57-17-55)31-7-6-28-27(35(29)31)5-8-32-36(28)30-4-2-20(14-34(30)38(32)58-18-56)22-11-25(41(49,50)51)16-26(12-22)42(52,53)54/h1-9,11,13-16H,10,12H2. The second-order valence-electron chi connectivity index (χ2n) is 13.6. The van der Waals surface area contributed by atoms with E-state index >= 15 is 0 Å². The van der Waals surface area contributed by atoms with E-state index in [0.717, 1.165) is 0 Å². The van der Waals surface area contributed by atoms with Crippen LogP contribution in [0, 0.1) is 22.9 Å². The smallest absolute Gasteiger partial charge is 0.172 e. The Morgan fingerprint density at radius 1 is 0.414 bits per heavy atom. The molecule has 0 bridgehead atoms. The number of rotatable bonds is 0. The number of hydrogen-bond donors (Lipinski definition) is 0. The minimum Gasteiger partial charge on any atom is -0.172 e. The molecular weight excluding hydrogens is 788 g/mol. The fraction of sp³-hybridized carbons (Fsp3) is 0.143. The van der Waals surface area contributed by atoms with Crippen LogP contribution in [0.25, 0.3) is 65.0 Å². The molecule has 58 heavy (non-hydrogen) atoms. The predicted octanol–water partition coefficient (Wildman–Crippen LogP) is 10.2. The van der Waals surface area contributed by atoms with E-state index in [1.54, 1.807) is 36.7 Å². The number of allylic oxidation sites excluding steroid dienone is 8. The zero-order chi connectivity index (χ0) is 41.7. The molecule has 6 aromatic rings. The van der Waals surface area contributed by atoms with Gasteiger partial charge in [-0.2, -0.15) is 73.2 Å². The van der Waals surface area contributed by atoms with Crippen molar-refractivity contribution >= 4 is 65.0 Å². The van der Waals surface area contributed by atoms with E-state index in [2.05, 4.69) is 9.98 Å². The molecule has 0 saturated carbocycles.